The third-order valence-electron chi connectivity index (χ3n) is 2.54. The van der Waals surface area contributed by atoms with E-state index in [-0.39, 0.29) is 17.7 Å². The number of esters is 1. The Morgan fingerprint density at radius 3 is 2.74 bits per heavy atom. The maximum Gasteiger partial charge on any atom is 0.308 e. The smallest absolute Gasteiger partial charge is 0.308 e. The van der Waals surface area contributed by atoms with Crippen molar-refractivity contribution >= 4 is 12.3 Å². The first kappa shape index (κ1) is 15.3. The van der Waals surface area contributed by atoms with Gasteiger partial charge in [0.15, 0.2) is 6.29 Å². The minimum atomic E-state index is -1.47. The molecule has 0 radical (unpaired) electrons. The van der Waals surface area contributed by atoms with Crippen molar-refractivity contribution in [1.29, 1.82) is 0 Å². The fourth-order valence-electron chi connectivity index (χ4n) is 1.63. The Hall–Kier alpha value is -1.79. The van der Waals surface area contributed by atoms with E-state index in [9.17, 15) is 24.2 Å². The molecule has 5 nitrogen and oxygen atoms in total. The Kier molecular flexibility index (Phi) is 5.59. The molecule has 104 valence electrons. The topological polar surface area (TPSA) is 83.8 Å². The van der Waals surface area contributed by atoms with Crippen LogP contribution in [0.5, 0.6) is 0 Å². The van der Waals surface area contributed by atoms with Crippen molar-refractivity contribution in [1.82, 2.24) is 0 Å². The molecule has 0 bridgehead atoms. The number of carbonyl (C=O) groups excluding carboxylic acids is 2. The van der Waals surface area contributed by atoms with Gasteiger partial charge in [-0.2, -0.15) is 0 Å². The lowest BCUT2D eigenvalue weighted by molar-refractivity contribution is -0.147. The van der Waals surface area contributed by atoms with Gasteiger partial charge in [-0.3, -0.25) is 9.59 Å². The first-order chi connectivity index (χ1) is 8.99. The Bertz CT molecular complexity index is 460. The molecule has 2 atom stereocenters. The molecule has 0 fully saturated rings. The molecule has 0 amide bonds. The van der Waals surface area contributed by atoms with Crippen LogP contribution in [0.1, 0.15) is 35.4 Å². The highest BCUT2D eigenvalue weighted by molar-refractivity contribution is 5.77. The molecule has 1 aromatic rings. The number of hydrogen-bond donors (Lipinski definition) is 2. The number of benzene rings is 1. The average Bonchev–Trinajstić information content (AvgIpc) is 2.37. The van der Waals surface area contributed by atoms with Crippen molar-refractivity contribution in [2.75, 3.05) is 6.61 Å². The average molecular weight is 270 g/mol. The van der Waals surface area contributed by atoms with Gasteiger partial charge in [0.25, 0.3) is 0 Å². The van der Waals surface area contributed by atoms with Gasteiger partial charge in [0, 0.05) is 5.56 Å². The number of aldehydes is 1. The number of aliphatic hydroxyl groups is 2. The molecule has 0 aliphatic carbocycles. The van der Waals surface area contributed by atoms with Gasteiger partial charge in [-0.05, 0) is 24.6 Å². The number of halogens is 1. The molecule has 2 N–H and O–H groups in total. The molecule has 0 spiro atoms. The van der Waals surface area contributed by atoms with Crippen molar-refractivity contribution in [2.45, 2.75) is 25.6 Å². The Balaban J connectivity index is 2.84. The Morgan fingerprint density at radius 2 is 2.16 bits per heavy atom. The van der Waals surface area contributed by atoms with E-state index >= 15 is 0 Å². The molecule has 1 rings (SSSR count). The minimum absolute atomic E-state index is 0.0631. The van der Waals surface area contributed by atoms with Crippen molar-refractivity contribution in [3.63, 3.8) is 0 Å². The molecule has 0 heterocycles. The van der Waals surface area contributed by atoms with Crippen LogP contribution in [-0.4, -0.2) is 35.2 Å². The number of aliphatic hydroxyl groups excluding tert-OH is 2. The lowest BCUT2D eigenvalue weighted by Crippen LogP contribution is -2.24. The predicted molar refractivity (Wildman–Crippen MR) is 64.0 cm³/mol. The summed E-state index contributed by atoms with van der Waals surface area (Å²) < 4.78 is 17.6. The molecule has 0 saturated carbocycles. The lowest BCUT2D eigenvalue weighted by atomic mass is 9.97. The highest BCUT2D eigenvalue weighted by Gasteiger charge is 2.24. The highest BCUT2D eigenvalue weighted by atomic mass is 19.1. The first-order valence-electron chi connectivity index (χ1n) is 5.76. The van der Waals surface area contributed by atoms with Gasteiger partial charge in [-0.25, -0.2) is 4.39 Å². The van der Waals surface area contributed by atoms with Crippen LogP contribution in [0.2, 0.25) is 0 Å². The summed E-state index contributed by atoms with van der Waals surface area (Å²) in [5, 5.41) is 19.6. The summed E-state index contributed by atoms with van der Waals surface area (Å²) in [7, 11) is 0. The van der Waals surface area contributed by atoms with Gasteiger partial charge in [0.05, 0.1) is 19.1 Å². The standard InChI is InChI=1S/C13H15FO5/c1-2-19-12(17)6-11(16)13(18)10-4-3-9(14)5-8(10)7-15/h3-5,7,11,13,16,18H,2,6H2,1H3. The van der Waals surface area contributed by atoms with Crippen molar-refractivity contribution in [2.24, 2.45) is 0 Å². The molecule has 2 unspecified atom stereocenters. The van der Waals surface area contributed by atoms with Crippen LogP contribution in [-0.2, 0) is 9.53 Å². The summed E-state index contributed by atoms with van der Waals surface area (Å²) in [6.07, 6.45) is -2.93. The Labute approximate surface area is 109 Å². The summed E-state index contributed by atoms with van der Waals surface area (Å²) in [4.78, 5) is 22.0. The number of ether oxygens (including phenoxy) is 1. The van der Waals surface area contributed by atoms with Crippen LogP contribution < -0.4 is 0 Å². The molecule has 6 heteroatoms. The predicted octanol–water partition coefficient (Wildman–Crippen LogP) is 0.986. The highest BCUT2D eigenvalue weighted by Crippen LogP contribution is 2.23. The second-order valence-electron chi connectivity index (χ2n) is 3.91. The quantitative estimate of drug-likeness (QED) is 0.595. The second-order valence-corrected chi connectivity index (χ2v) is 3.91. The summed E-state index contributed by atoms with van der Waals surface area (Å²) in [5.74, 6) is -1.29. The molecule has 0 aromatic heterocycles. The van der Waals surface area contributed by atoms with E-state index < -0.39 is 30.4 Å². The van der Waals surface area contributed by atoms with E-state index in [2.05, 4.69) is 4.74 Å². The zero-order valence-corrected chi connectivity index (χ0v) is 10.4. The van der Waals surface area contributed by atoms with E-state index in [4.69, 9.17) is 0 Å². The molecule has 19 heavy (non-hydrogen) atoms. The van der Waals surface area contributed by atoms with Gasteiger partial charge >= 0.3 is 5.97 Å². The summed E-state index contributed by atoms with van der Waals surface area (Å²) in [6, 6.07) is 3.20. The fraction of sp³-hybridized carbons (Fsp3) is 0.385. The molecule has 0 aliphatic heterocycles. The second kappa shape index (κ2) is 6.96. The normalized spacial score (nSPS) is 13.7. The van der Waals surface area contributed by atoms with Crippen LogP contribution >= 0.6 is 0 Å². The van der Waals surface area contributed by atoms with Gasteiger partial charge in [-0.1, -0.05) is 6.07 Å². The molecular formula is C13H15FO5. The molecular weight excluding hydrogens is 255 g/mol. The molecule has 0 saturated heterocycles. The third-order valence-corrected chi connectivity index (χ3v) is 2.54. The SMILES string of the molecule is CCOC(=O)CC(O)C(O)c1ccc(F)cc1C=O. The van der Waals surface area contributed by atoms with Crippen LogP contribution in [0.25, 0.3) is 0 Å². The van der Waals surface area contributed by atoms with Crippen molar-refractivity contribution in [3.05, 3.63) is 35.1 Å². The monoisotopic (exact) mass is 270 g/mol. The number of rotatable bonds is 6. The largest absolute Gasteiger partial charge is 0.466 e. The summed E-state index contributed by atoms with van der Waals surface area (Å²) in [6.45, 7) is 1.78. The van der Waals surface area contributed by atoms with Gasteiger partial charge in [-0.15, -0.1) is 0 Å². The maximum absolute atomic E-state index is 12.9. The Morgan fingerprint density at radius 1 is 1.47 bits per heavy atom. The van der Waals surface area contributed by atoms with E-state index in [1.54, 1.807) is 6.92 Å². The van der Waals surface area contributed by atoms with E-state index in [1.807, 2.05) is 0 Å². The van der Waals surface area contributed by atoms with E-state index in [0.717, 1.165) is 12.1 Å². The summed E-state index contributed by atoms with van der Waals surface area (Å²) >= 11 is 0. The number of hydrogen-bond acceptors (Lipinski definition) is 5. The van der Waals surface area contributed by atoms with Crippen LogP contribution in [0.4, 0.5) is 4.39 Å². The maximum atomic E-state index is 12.9. The molecule has 0 aliphatic rings. The zero-order valence-electron chi connectivity index (χ0n) is 10.4. The van der Waals surface area contributed by atoms with Crippen LogP contribution in [0.3, 0.4) is 0 Å². The van der Waals surface area contributed by atoms with Crippen molar-refractivity contribution < 1.29 is 28.9 Å². The van der Waals surface area contributed by atoms with Crippen LogP contribution in [0.15, 0.2) is 18.2 Å². The van der Waals surface area contributed by atoms with Gasteiger partial charge in [0.2, 0.25) is 0 Å². The third kappa shape index (κ3) is 4.11. The zero-order chi connectivity index (χ0) is 14.4. The van der Waals surface area contributed by atoms with Crippen molar-refractivity contribution in [3.8, 4) is 0 Å². The van der Waals surface area contributed by atoms with Crippen LogP contribution in [0, 0.1) is 5.82 Å². The number of carbonyl (C=O) groups is 2. The summed E-state index contributed by atoms with van der Waals surface area (Å²) in [5.41, 5.74) is -0.0105. The molecule has 1 aromatic carbocycles. The minimum Gasteiger partial charge on any atom is -0.466 e. The van der Waals surface area contributed by atoms with Gasteiger partial charge in [0.1, 0.15) is 11.9 Å². The lowest BCUT2D eigenvalue weighted by Gasteiger charge is -2.18. The van der Waals surface area contributed by atoms with Gasteiger partial charge < -0.3 is 14.9 Å². The van der Waals surface area contributed by atoms with E-state index in [1.165, 1.54) is 6.07 Å². The van der Waals surface area contributed by atoms with E-state index in [0.29, 0.717) is 6.29 Å². The fourth-order valence-corrected chi connectivity index (χ4v) is 1.63. The first-order valence-corrected chi connectivity index (χ1v) is 5.76.